The number of carbonyl (C=O) groups excluding carboxylic acids is 2. The minimum Gasteiger partial charge on any atom is -0.358 e. The van der Waals surface area contributed by atoms with Crippen LogP contribution in [0.3, 0.4) is 0 Å². The Kier molecular flexibility index (Phi) is 2.62. The van der Waals surface area contributed by atoms with Crippen LogP contribution in [0.2, 0.25) is 0 Å². The molecule has 11 heavy (non-hydrogen) atoms. The molecule has 2 atom stereocenters. The Labute approximate surface area is 69.7 Å². The maximum atomic E-state index is 10.7. The number of Topliss-reactive ketones (excluding diaryl/α,β-unsaturated/α-hetero) is 1. The summed E-state index contributed by atoms with van der Waals surface area (Å²) in [4.78, 5) is 21.3. The van der Waals surface area contributed by atoms with Crippen molar-refractivity contribution in [1.29, 1.82) is 0 Å². The summed E-state index contributed by atoms with van der Waals surface area (Å²) in [6.45, 7) is 1.45. The quantitative estimate of drug-likeness (QED) is 0.587. The molecule has 2 unspecified atom stereocenters. The average Bonchev–Trinajstić information content (AvgIpc) is 2.33. The van der Waals surface area contributed by atoms with Crippen LogP contribution in [0.15, 0.2) is 0 Å². The zero-order chi connectivity index (χ0) is 8.43. The van der Waals surface area contributed by atoms with Crippen molar-refractivity contribution in [2.75, 3.05) is 0 Å². The van der Waals surface area contributed by atoms with E-state index in [1.165, 1.54) is 6.92 Å². The van der Waals surface area contributed by atoms with Crippen molar-refractivity contribution in [3.8, 4) is 0 Å². The number of hydrogen-bond donors (Lipinski definition) is 0. The van der Waals surface area contributed by atoms with Crippen molar-refractivity contribution in [3.63, 3.8) is 0 Å². The van der Waals surface area contributed by atoms with Gasteiger partial charge < -0.3 is 4.74 Å². The smallest absolute Gasteiger partial charge is 0.250 e. The van der Waals surface area contributed by atoms with Gasteiger partial charge in [0.2, 0.25) is 0 Å². The first-order chi connectivity index (χ1) is 5.11. The summed E-state index contributed by atoms with van der Waals surface area (Å²) in [5.74, 6) is -0.0367. The molecule has 1 aliphatic rings. The molecule has 0 spiro atoms. The van der Waals surface area contributed by atoms with Gasteiger partial charge in [-0.05, 0) is 31.4 Å². The highest BCUT2D eigenvalue weighted by atomic mass is 35.5. The molecule has 0 aromatic heterocycles. The van der Waals surface area contributed by atoms with Gasteiger partial charge in [-0.1, -0.05) is 0 Å². The topological polar surface area (TPSA) is 43.4 Å². The highest BCUT2D eigenvalue weighted by Gasteiger charge is 2.31. The fourth-order valence-corrected chi connectivity index (χ4v) is 1.26. The minimum atomic E-state index is -0.564. The van der Waals surface area contributed by atoms with E-state index in [4.69, 9.17) is 16.3 Å². The number of ketones is 1. The van der Waals surface area contributed by atoms with Crippen LogP contribution in [-0.2, 0) is 14.3 Å². The van der Waals surface area contributed by atoms with Gasteiger partial charge in [0, 0.05) is 0 Å². The van der Waals surface area contributed by atoms with Gasteiger partial charge in [0.15, 0.2) is 5.78 Å². The molecule has 1 rings (SSSR count). The first kappa shape index (κ1) is 8.68. The molecule has 0 saturated carbocycles. The van der Waals surface area contributed by atoms with E-state index >= 15 is 0 Å². The van der Waals surface area contributed by atoms with Crippen LogP contribution in [0.25, 0.3) is 0 Å². The van der Waals surface area contributed by atoms with Crippen LogP contribution in [-0.4, -0.2) is 23.2 Å². The summed E-state index contributed by atoms with van der Waals surface area (Å²) in [7, 11) is 0. The molecular weight excluding hydrogens is 168 g/mol. The van der Waals surface area contributed by atoms with E-state index in [-0.39, 0.29) is 5.78 Å². The molecule has 4 heteroatoms. The second-order valence-corrected chi connectivity index (χ2v) is 2.98. The average molecular weight is 177 g/mol. The molecule has 1 aliphatic heterocycles. The van der Waals surface area contributed by atoms with E-state index in [9.17, 15) is 9.59 Å². The minimum absolute atomic E-state index is 0.0367. The van der Waals surface area contributed by atoms with Crippen molar-refractivity contribution in [1.82, 2.24) is 0 Å². The van der Waals surface area contributed by atoms with Crippen LogP contribution < -0.4 is 0 Å². The van der Waals surface area contributed by atoms with Gasteiger partial charge in [0.25, 0.3) is 5.24 Å². The Balaban J connectivity index is 2.47. The van der Waals surface area contributed by atoms with Crippen LogP contribution in [0.4, 0.5) is 0 Å². The Morgan fingerprint density at radius 2 is 1.91 bits per heavy atom. The number of ether oxygens (including phenoxy) is 1. The first-order valence-corrected chi connectivity index (χ1v) is 3.84. The van der Waals surface area contributed by atoms with Crippen LogP contribution in [0.1, 0.15) is 19.8 Å². The highest BCUT2D eigenvalue weighted by Crippen LogP contribution is 2.21. The number of carbonyl (C=O) groups is 2. The maximum Gasteiger partial charge on any atom is 0.250 e. The molecule has 62 valence electrons. The van der Waals surface area contributed by atoms with E-state index in [2.05, 4.69) is 0 Å². The normalized spacial score (nSPS) is 30.4. The van der Waals surface area contributed by atoms with Crippen molar-refractivity contribution in [2.24, 2.45) is 0 Å². The Morgan fingerprint density at radius 1 is 1.36 bits per heavy atom. The summed E-state index contributed by atoms with van der Waals surface area (Å²) < 4.78 is 5.05. The molecule has 0 amide bonds. The van der Waals surface area contributed by atoms with E-state index in [1.807, 2.05) is 0 Å². The summed E-state index contributed by atoms with van der Waals surface area (Å²) in [5, 5.41) is -0.506. The molecule has 1 fully saturated rings. The van der Waals surface area contributed by atoms with Crippen LogP contribution in [0, 0.1) is 0 Å². The third-order valence-corrected chi connectivity index (χ3v) is 1.97. The molecule has 0 aliphatic carbocycles. The lowest BCUT2D eigenvalue weighted by atomic mass is 10.1. The summed E-state index contributed by atoms with van der Waals surface area (Å²) in [5.41, 5.74) is 0. The van der Waals surface area contributed by atoms with Crippen LogP contribution in [0.5, 0.6) is 0 Å². The molecule has 1 saturated heterocycles. The summed E-state index contributed by atoms with van der Waals surface area (Å²) in [6, 6.07) is 0. The van der Waals surface area contributed by atoms with Gasteiger partial charge in [-0.15, -0.1) is 0 Å². The zero-order valence-electron chi connectivity index (χ0n) is 6.17. The van der Waals surface area contributed by atoms with Gasteiger partial charge in [-0.3, -0.25) is 9.59 Å². The molecule has 1 heterocycles. The van der Waals surface area contributed by atoms with Gasteiger partial charge >= 0.3 is 0 Å². The lowest BCUT2D eigenvalue weighted by molar-refractivity contribution is -0.131. The zero-order valence-corrected chi connectivity index (χ0v) is 6.93. The van der Waals surface area contributed by atoms with Crippen molar-refractivity contribution >= 4 is 22.6 Å². The molecule has 3 nitrogen and oxygen atoms in total. The third-order valence-electron chi connectivity index (χ3n) is 1.73. The van der Waals surface area contributed by atoms with E-state index in [0.29, 0.717) is 12.8 Å². The van der Waals surface area contributed by atoms with E-state index < -0.39 is 17.5 Å². The van der Waals surface area contributed by atoms with Crippen molar-refractivity contribution in [3.05, 3.63) is 0 Å². The molecule has 0 aromatic rings. The number of hydrogen-bond acceptors (Lipinski definition) is 3. The van der Waals surface area contributed by atoms with Gasteiger partial charge in [-0.2, -0.15) is 0 Å². The fourth-order valence-electron chi connectivity index (χ4n) is 1.10. The lowest BCUT2D eigenvalue weighted by Crippen LogP contribution is -2.21. The molecular formula is C7H9ClO3. The van der Waals surface area contributed by atoms with Crippen molar-refractivity contribution in [2.45, 2.75) is 32.0 Å². The molecule has 0 aromatic carbocycles. The third kappa shape index (κ3) is 2.01. The van der Waals surface area contributed by atoms with E-state index in [0.717, 1.165) is 0 Å². The standard InChI is InChI=1S/C7H9ClO3/c1-4(9)5-2-3-6(11-5)7(8)10/h5-6H,2-3H2,1H3. The van der Waals surface area contributed by atoms with Crippen molar-refractivity contribution < 1.29 is 14.3 Å². The Bertz CT molecular complexity index is 170. The van der Waals surface area contributed by atoms with Crippen LogP contribution >= 0.6 is 11.6 Å². The van der Waals surface area contributed by atoms with Gasteiger partial charge in [-0.25, -0.2) is 0 Å². The second kappa shape index (κ2) is 3.32. The highest BCUT2D eigenvalue weighted by molar-refractivity contribution is 6.64. The maximum absolute atomic E-state index is 10.7. The lowest BCUT2D eigenvalue weighted by Gasteiger charge is -2.06. The molecule has 0 N–H and O–H groups in total. The number of rotatable bonds is 2. The van der Waals surface area contributed by atoms with Gasteiger partial charge in [0.1, 0.15) is 12.2 Å². The summed E-state index contributed by atoms with van der Waals surface area (Å²) in [6.07, 6.45) is 0.193. The fraction of sp³-hybridized carbons (Fsp3) is 0.714. The SMILES string of the molecule is CC(=O)C1CCC(C(=O)Cl)O1. The first-order valence-electron chi connectivity index (χ1n) is 3.46. The van der Waals surface area contributed by atoms with E-state index in [1.54, 1.807) is 0 Å². The molecule has 0 radical (unpaired) electrons. The molecule has 0 bridgehead atoms. The van der Waals surface area contributed by atoms with Gasteiger partial charge in [0.05, 0.1) is 0 Å². The predicted octanol–water partition coefficient (Wildman–Crippen LogP) is 0.888. The monoisotopic (exact) mass is 176 g/mol. The Hall–Kier alpha value is -0.410. The Morgan fingerprint density at radius 3 is 2.18 bits per heavy atom. The summed E-state index contributed by atoms with van der Waals surface area (Å²) >= 11 is 5.18. The number of halogens is 1. The predicted molar refractivity (Wildman–Crippen MR) is 39.4 cm³/mol. The second-order valence-electron chi connectivity index (χ2n) is 2.61. The largest absolute Gasteiger partial charge is 0.358 e.